The van der Waals surface area contributed by atoms with E-state index in [1.165, 1.54) is 0 Å². The Kier molecular flexibility index (Phi) is 5.03. The molecule has 2 aromatic rings. The van der Waals surface area contributed by atoms with Gasteiger partial charge in [-0.2, -0.15) is 0 Å². The molecule has 0 saturated carbocycles. The Hall–Kier alpha value is -2.08. The molecule has 1 atom stereocenters. The van der Waals surface area contributed by atoms with Gasteiger partial charge in [-0.1, -0.05) is 41.4 Å². The van der Waals surface area contributed by atoms with E-state index in [0.717, 1.165) is 0 Å². The SMILES string of the molecule is NC(=O)C(O)N=C(c1cc(Cl)ccc1N)c1ccccc1Cl. The largest absolute Gasteiger partial charge is 0.398 e. The maximum atomic E-state index is 11.1. The van der Waals surface area contributed by atoms with Crippen molar-refractivity contribution in [1.82, 2.24) is 0 Å². The number of nitrogen functional groups attached to an aromatic ring is 1. The number of amides is 1. The summed E-state index contributed by atoms with van der Waals surface area (Å²) in [4.78, 5) is 15.1. The van der Waals surface area contributed by atoms with Gasteiger partial charge in [-0.15, -0.1) is 0 Å². The predicted octanol–water partition coefficient (Wildman–Crippen LogP) is 2.22. The molecule has 0 fully saturated rings. The average molecular weight is 338 g/mol. The summed E-state index contributed by atoms with van der Waals surface area (Å²) in [5.74, 6) is -0.981. The van der Waals surface area contributed by atoms with Gasteiger partial charge in [-0.3, -0.25) is 4.79 Å². The van der Waals surface area contributed by atoms with Crippen molar-refractivity contribution >= 4 is 40.5 Å². The van der Waals surface area contributed by atoms with Crippen LogP contribution in [0.4, 0.5) is 5.69 Å². The Morgan fingerprint density at radius 2 is 1.82 bits per heavy atom. The average Bonchev–Trinajstić information content (AvgIpc) is 2.48. The smallest absolute Gasteiger partial charge is 0.269 e. The van der Waals surface area contributed by atoms with E-state index in [2.05, 4.69) is 4.99 Å². The molecular formula is C15H13Cl2N3O2. The molecule has 0 saturated heterocycles. The minimum atomic E-state index is -1.72. The van der Waals surface area contributed by atoms with Crippen molar-refractivity contribution < 1.29 is 9.90 Å². The Morgan fingerprint density at radius 3 is 2.45 bits per heavy atom. The van der Waals surface area contributed by atoms with Gasteiger partial charge in [0.05, 0.1) is 5.71 Å². The van der Waals surface area contributed by atoms with Crippen LogP contribution in [0.25, 0.3) is 0 Å². The number of aliphatic hydroxyl groups is 1. The highest BCUT2D eigenvalue weighted by Crippen LogP contribution is 2.26. The van der Waals surface area contributed by atoms with E-state index in [1.54, 1.807) is 42.5 Å². The second-order valence-corrected chi connectivity index (χ2v) is 5.31. The molecule has 5 nitrogen and oxygen atoms in total. The Morgan fingerprint density at radius 1 is 1.14 bits per heavy atom. The van der Waals surface area contributed by atoms with E-state index < -0.39 is 12.1 Å². The number of primary amides is 1. The lowest BCUT2D eigenvalue weighted by atomic mass is 10.0. The number of hydrogen-bond donors (Lipinski definition) is 3. The second-order valence-electron chi connectivity index (χ2n) is 4.47. The molecule has 7 heteroatoms. The highest BCUT2D eigenvalue weighted by atomic mass is 35.5. The van der Waals surface area contributed by atoms with E-state index in [4.69, 9.17) is 34.7 Å². The standard InChI is InChI=1S/C15H13Cl2N3O2/c16-8-5-6-12(18)10(7-8)13(20-15(22)14(19)21)9-3-1-2-4-11(9)17/h1-7,15,22H,18H2,(H2,19,21). The lowest BCUT2D eigenvalue weighted by Crippen LogP contribution is -2.28. The zero-order chi connectivity index (χ0) is 16.3. The first-order valence-corrected chi connectivity index (χ1v) is 7.01. The van der Waals surface area contributed by atoms with E-state index >= 15 is 0 Å². The van der Waals surface area contributed by atoms with Crippen LogP contribution in [0.15, 0.2) is 47.5 Å². The molecule has 0 spiro atoms. The predicted molar refractivity (Wildman–Crippen MR) is 88.2 cm³/mol. The molecule has 0 aromatic heterocycles. The number of anilines is 1. The number of hydrogen-bond acceptors (Lipinski definition) is 4. The van der Waals surface area contributed by atoms with Crippen LogP contribution in [0.1, 0.15) is 11.1 Å². The maximum absolute atomic E-state index is 11.1. The normalized spacial score (nSPS) is 13.0. The number of carbonyl (C=O) groups is 1. The van der Waals surface area contributed by atoms with Crippen LogP contribution in [0.5, 0.6) is 0 Å². The summed E-state index contributed by atoms with van der Waals surface area (Å²) in [7, 11) is 0. The Balaban J connectivity index is 2.68. The number of aliphatic imine (C=N–C) groups is 1. The van der Waals surface area contributed by atoms with Gasteiger partial charge in [-0.05, 0) is 24.3 Å². The van der Waals surface area contributed by atoms with Crippen molar-refractivity contribution in [2.45, 2.75) is 6.23 Å². The number of carbonyl (C=O) groups excluding carboxylic acids is 1. The number of aliphatic hydroxyl groups excluding tert-OH is 1. The van der Waals surface area contributed by atoms with Gasteiger partial charge < -0.3 is 16.6 Å². The van der Waals surface area contributed by atoms with E-state index in [9.17, 15) is 9.90 Å². The third-order valence-electron chi connectivity index (χ3n) is 2.91. The zero-order valence-electron chi connectivity index (χ0n) is 11.3. The first-order valence-electron chi connectivity index (χ1n) is 6.25. The molecule has 0 bridgehead atoms. The molecule has 0 aliphatic carbocycles. The van der Waals surface area contributed by atoms with Gasteiger partial charge in [0.15, 0.2) is 0 Å². The van der Waals surface area contributed by atoms with E-state index in [-0.39, 0.29) is 5.71 Å². The monoisotopic (exact) mass is 337 g/mol. The fourth-order valence-electron chi connectivity index (χ4n) is 1.86. The lowest BCUT2D eigenvalue weighted by Gasteiger charge is -2.13. The van der Waals surface area contributed by atoms with Gasteiger partial charge >= 0.3 is 0 Å². The zero-order valence-corrected chi connectivity index (χ0v) is 12.8. The number of nitrogens with zero attached hydrogens (tertiary/aromatic N) is 1. The fraction of sp³-hybridized carbons (Fsp3) is 0.0667. The third kappa shape index (κ3) is 3.57. The van der Waals surface area contributed by atoms with Crippen molar-refractivity contribution in [3.8, 4) is 0 Å². The van der Waals surface area contributed by atoms with E-state index in [0.29, 0.717) is 26.9 Å². The van der Waals surface area contributed by atoms with Crippen LogP contribution in [0, 0.1) is 0 Å². The molecule has 5 N–H and O–H groups in total. The molecule has 1 unspecified atom stereocenters. The topological polar surface area (TPSA) is 102 Å². The minimum absolute atomic E-state index is 0.233. The molecule has 0 aliphatic rings. The van der Waals surface area contributed by atoms with Gasteiger partial charge in [0, 0.05) is 26.9 Å². The molecule has 0 aliphatic heterocycles. The summed E-state index contributed by atoms with van der Waals surface area (Å²) in [5.41, 5.74) is 12.6. The number of halogens is 2. The van der Waals surface area contributed by atoms with Crippen molar-refractivity contribution in [2.75, 3.05) is 5.73 Å². The molecule has 2 aromatic carbocycles. The lowest BCUT2D eigenvalue weighted by molar-refractivity contribution is -0.125. The molecule has 0 heterocycles. The molecule has 22 heavy (non-hydrogen) atoms. The first kappa shape index (κ1) is 16.3. The summed E-state index contributed by atoms with van der Waals surface area (Å²) in [6.45, 7) is 0. The summed E-state index contributed by atoms with van der Waals surface area (Å²) < 4.78 is 0. The number of benzene rings is 2. The van der Waals surface area contributed by atoms with Crippen molar-refractivity contribution in [2.24, 2.45) is 10.7 Å². The molecule has 2 rings (SSSR count). The first-order chi connectivity index (χ1) is 10.4. The summed E-state index contributed by atoms with van der Waals surface area (Å²) >= 11 is 12.2. The highest BCUT2D eigenvalue weighted by molar-refractivity contribution is 6.36. The van der Waals surface area contributed by atoms with Gasteiger partial charge in [0.2, 0.25) is 6.23 Å². The minimum Gasteiger partial charge on any atom is -0.398 e. The van der Waals surface area contributed by atoms with Crippen LogP contribution >= 0.6 is 23.2 Å². The fourth-order valence-corrected chi connectivity index (χ4v) is 2.25. The van der Waals surface area contributed by atoms with E-state index in [1.807, 2.05) is 0 Å². The Bertz CT molecular complexity index is 747. The molecule has 114 valence electrons. The molecular weight excluding hydrogens is 325 g/mol. The second kappa shape index (κ2) is 6.79. The highest BCUT2D eigenvalue weighted by Gasteiger charge is 2.18. The Labute approximate surface area is 137 Å². The van der Waals surface area contributed by atoms with Crippen LogP contribution < -0.4 is 11.5 Å². The van der Waals surface area contributed by atoms with Gasteiger partial charge in [0.1, 0.15) is 0 Å². The summed E-state index contributed by atoms with van der Waals surface area (Å²) in [6, 6.07) is 11.6. The van der Waals surface area contributed by atoms with Crippen LogP contribution in [-0.2, 0) is 4.79 Å². The van der Waals surface area contributed by atoms with Crippen molar-refractivity contribution in [1.29, 1.82) is 0 Å². The number of nitrogens with two attached hydrogens (primary N) is 2. The summed E-state index contributed by atoms with van der Waals surface area (Å²) in [6.07, 6.45) is -1.72. The van der Waals surface area contributed by atoms with Crippen molar-refractivity contribution in [3.05, 3.63) is 63.6 Å². The number of rotatable bonds is 4. The molecule has 0 radical (unpaired) electrons. The van der Waals surface area contributed by atoms with Crippen molar-refractivity contribution in [3.63, 3.8) is 0 Å². The van der Waals surface area contributed by atoms with Crippen LogP contribution in [-0.4, -0.2) is 23.0 Å². The third-order valence-corrected chi connectivity index (χ3v) is 3.47. The summed E-state index contributed by atoms with van der Waals surface area (Å²) in [5, 5.41) is 10.5. The van der Waals surface area contributed by atoms with Crippen LogP contribution in [0.2, 0.25) is 10.0 Å². The quantitative estimate of drug-likeness (QED) is 0.588. The molecule has 1 amide bonds. The van der Waals surface area contributed by atoms with Crippen LogP contribution in [0.3, 0.4) is 0 Å². The van der Waals surface area contributed by atoms with Gasteiger partial charge in [-0.25, -0.2) is 4.99 Å². The maximum Gasteiger partial charge on any atom is 0.269 e. The van der Waals surface area contributed by atoms with Gasteiger partial charge in [0.25, 0.3) is 5.91 Å².